The summed E-state index contributed by atoms with van der Waals surface area (Å²) in [6, 6.07) is 15.9. The molecule has 0 spiro atoms. The van der Waals surface area contributed by atoms with Crippen LogP contribution in [0.2, 0.25) is 0 Å². The predicted octanol–water partition coefficient (Wildman–Crippen LogP) is 5.22. The first kappa shape index (κ1) is 16.9. The van der Waals surface area contributed by atoms with Gasteiger partial charge in [-0.25, -0.2) is 15.0 Å². The molecule has 28 heavy (non-hydrogen) atoms. The topological polar surface area (TPSA) is 63.2 Å². The fourth-order valence-electron chi connectivity index (χ4n) is 3.30. The van der Waals surface area contributed by atoms with Crippen molar-refractivity contribution in [2.45, 2.75) is 12.8 Å². The summed E-state index contributed by atoms with van der Waals surface area (Å²) in [5.74, 6) is 2.10. The molecular formula is C21H19N5OS. The largest absolute Gasteiger partial charge is 0.436 e. The maximum Gasteiger partial charge on any atom is 0.263 e. The van der Waals surface area contributed by atoms with Gasteiger partial charge in [0.2, 0.25) is 0 Å². The second-order valence-corrected chi connectivity index (χ2v) is 7.65. The Kier molecular flexibility index (Phi) is 4.50. The van der Waals surface area contributed by atoms with Crippen molar-refractivity contribution in [3.63, 3.8) is 0 Å². The van der Waals surface area contributed by atoms with Crippen LogP contribution in [0.5, 0.6) is 11.6 Å². The molecule has 1 saturated heterocycles. The summed E-state index contributed by atoms with van der Waals surface area (Å²) in [6.45, 7) is 2.00. The van der Waals surface area contributed by atoms with Crippen molar-refractivity contribution in [2.24, 2.45) is 0 Å². The van der Waals surface area contributed by atoms with E-state index < -0.39 is 0 Å². The Bertz CT molecular complexity index is 1060. The lowest BCUT2D eigenvalue weighted by atomic mass is 10.3. The van der Waals surface area contributed by atoms with E-state index in [-0.39, 0.29) is 0 Å². The molecule has 5 rings (SSSR count). The number of thiazole rings is 1. The van der Waals surface area contributed by atoms with Crippen LogP contribution in [0.1, 0.15) is 12.8 Å². The van der Waals surface area contributed by atoms with Crippen LogP contribution in [0.25, 0.3) is 10.2 Å². The molecule has 0 amide bonds. The van der Waals surface area contributed by atoms with Gasteiger partial charge in [-0.3, -0.25) is 0 Å². The van der Waals surface area contributed by atoms with Crippen molar-refractivity contribution in [1.29, 1.82) is 0 Å². The SMILES string of the molecule is c1ccc2sc(Nc3ccc(Oc4nccnc4N4CCCC4)cc3)nc2c1. The lowest BCUT2D eigenvalue weighted by molar-refractivity contribution is 0.460. The summed E-state index contributed by atoms with van der Waals surface area (Å²) >= 11 is 1.64. The van der Waals surface area contributed by atoms with Gasteiger partial charge in [-0.15, -0.1) is 0 Å². The van der Waals surface area contributed by atoms with Crippen LogP contribution in [0.3, 0.4) is 0 Å². The Balaban J connectivity index is 1.32. The molecule has 2 aromatic carbocycles. The van der Waals surface area contributed by atoms with E-state index in [9.17, 15) is 0 Å². The zero-order valence-corrected chi connectivity index (χ0v) is 16.0. The average molecular weight is 389 g/mol. The molecule has 6 nitrogen and oxygen atoms in total. The lowest BCUT2D eigenvalue weighted by Gasteiger charge is -2.18. The van der Waals surface area contributed by atoms with Crippen molar-refractivity contribution in [2.75, 3.05) is 23.3 Å². The minimum Gasteiger partial charge on any atom is -0.436 e. The van der Waals surface area contributed by atoms with Gasteiger partial charge in [0.1, 0.15) is 5.75 Å². The second kappa shape index (κ2) is 7.44. The lowest BCUT2D eigenvalue weighted by Crippen LogP contribution is -2.20. The maximum absolute atomic E-state index is 6.02. The van der Waals surface area contributed by atoms with Crippen LogP contribution >= 0.6 is 11.3 Å². The highest BCUT2D eigenvalue weighted by Crippen LogP contribution is 2.32. The summed E-state index contributed by atoms with van der Waals surface area (Å²) in [5, 5.41) is 4.23. The predicted molar refractivity (Wildman–Crippen MR) is 113 cm³/mol. The molecular weight excluding hydrogens is 370 g/mol. The van der Waals surface area contributed by atoms with Crippen molar-refractivity contribution >= 4 is 38.2 Å². The third kappa shape index (κ3) is 3.48. The van der Waals surface area contributed by atoms with Gasteiger partial charge in [0.15, 0.2) is 10.9 Å². The first-order chi connectivity index (χ1) is 13.8. The standard InChI is InChI=1S/C21H19N5OS/c1-2-6-18-17(5-1)25-21(28-18)24-15-7-9-16(10-8-15)27-20-19(22-11-12-23-20)26-13-3-4-14-26/h1-2,5-12H,3-4,13-14H2,(H,24,25). The number of ether oxygens (including phenoxy) is 1. The van der Waals surface area contributed by atoms with Gasteiger partial charge in [-0.05, 0) is 49.2 Å². The zero-order valence-electron chi connectivity index (χ0n) is 15.2. The molecule has 0 saturated carbocycles. The molecule has 4 aromatic rings. The van der Waals surface area contributed by atoms with Crippen molar-refractivity contribution in [1.82, 2.24) is 15.0 Å². The number of anilines is 3. The molecule has 0 aliphatic carbocycles. The Labute approximate surface area is 166 Å². The normalized spacial score (nSPS) is 13.8. The smallest absolute Gasteiger partial charge is 0.263 e. The van der Waals surface area contributed by atoms with Crippen molar-refractivity contribution in [3.05, 3.63) is 60.9 Å². The van der Waals surface area contributed by atoms with Gasteiger partial charge < -0.3 is 15.0 Å². The number of para-hydroxylation sites is 1. The fraction of sp³-hybridized carbons (Fsp3) is 0.190. The molecule has 0 unspecified atom stereocenters. The molecule has 0 atom stereocenters. The molecule has 1 fully saturated rings. The van der Waals surface area contributed by atoms with Gasteiger partial charge in [0.05, 0.1) is 10.2 Å². The van der Waals surface area contributed by atoms with E-state index in [4.69, 9.17) is 4.74 Å². The zero-order chi connectivity index (χ0) is 18.8. The highest BCUT2D eigenvalue weighted by molar-refractivity contribution is 7.22. The average Bonchev–Trinajstić information content (AvgIpc) is 3.39. The Morgan fingerprint density at radius 2 is 1.71 bits per heavy atom. The molecule has 1 aliphatic rings. The monoisotopic (exact) mass is 389 g/mol. The van der Waals surface area contributed by atoms with Gasteiger partial charge in [0, 0.05) is 31.2 Å². The van der Waals surface area contributed by atoms with E-state index in [1.807, 2.05) is 42.5 Å². The molecule has 140 valence electrons. The number of hydrogen-bond donors (Lipinski definition) is 1. The van der Waals surface area contributed by atoms with Crippen molar-refractivity contribution < 1.29 is 4.74 Å². The number of fused-ring (bicyclic) bond motifs is 1. The van der Waals surface area contributed by atoms with E-state index >= 15 is 0 Å². The van der Waals surface area contributed by atoms with Gasteiger partial charge in [-0.1, -0.05) is 23.5 Å². The third-order valence-electron chi connectivity index (χ3n) is 4.67. The van der Waals surface area contributed by atoms with Crippen LogP contribution in [-0.4, -0.2) is 28.0 Å². The van der Waals surface area contributed by atoms with Crippen molar-refractivity contribution in [3.8, 4) is 11.6 Å². The minimum absolute atomic E-state index is 0.552. The van der Waals surface area contributed by atoms with Crippen LogP contribution in [-0.2, 0) is 0 Å². The second-order valence-electron chi connectivity index (χ2n) is 6.62. The molecule has 2 aromatic heterocycles. The molecule has 7 heteroatoms. The molecule has 0 radical (unpaired) electrons. The summed E-state index contributed by atoms with van der Waals surface area (Å²) < 4.78 is 7.19. The maximum atomic E-state index is 6.02. The van der Waals surface area contributed by atoms with Gasteiger partial charge in [0.25, 0.3) is 5.88 Å². The molecule has 3 heterocycles. The van der Waals surface area contributed by atoms with Crippen LogP contribution < -0.4 is 15.0 Å². The highest BCUT2D eigenvalue weighted by Gasteiger charge is 2.19. The summed E-state index contributed by atoms with van der Waals surface area (Å²) in [6.07, 6.45) is 5.74. The van der Waals surface area contributed by atoms with E-state index in [2.05, 4.69) is 31.2 Å². The van der Waals surface area contributed by atoms with Crippen LogP contribution in [0.4, 0.5) is 16.6 Å². The van der Waals surface area contributed by atoms with E-state index in [1.165, 1.54) is 17.5 Å². The number of rotatable bonds is 5. The number of nitrogens with one attached hydrogen (secondary N) is 1. The number of hydrogen-bond acceptors (Lipinski definition) is 7. The molecule has 1 aliphatic heterocycles. The Hall–Kier alpha value is -3.19. The Morgan fingerprint density at radius 1 is 0.929 bits per heavy atom. The van der Waals surface area contributed by atoms with Gasteiger partial charge in [-0.2, -0.15) is 0 Å². The fourth-order valence-corrected chi connectivity index (χ4v) is 4.19. The van der Waals surface area contributed by atoms with Gasteiger partial charge >= 0.3 is 0 Å². The quantitative estimate of drug-likeness (QED) is 0.505. The number of nitrogens with zero attached hydrogens (tertiary/aromatic N) is 4. The van der Waals surface area contributed by atoms with E-state index in [0.717, 1.165) is 41.0 Å². The Morgan fingerprint density at radius 3 is 2.54 bits per heavy atom. The van der Waals surface area contributed by atoms with E-state index in [0.29, 0.717) is 5.88 Å². The first-order valence-corrected chi connectivity index (χ1v) is 10.1. The third-order valence-corrected chi connectivity index (χ3v) is 5.62. The number of benzene rings is 2. The minimum atomic E-state index is 0.552. The summed E-state index contributed by atoms with van der Waals surface area (Å²) in [7, 11) is 0. The summed E-state index contributed by atoms with van der Waals surface area (Å²) in [5.41, 5.74) is 1.97. The van der Waals surface area contributed by atoms with E-state index in [1.54, 1.807) is 23.7 Å². The molecule has 1 N–H and O–H groups in total. The summed E-state index contributed by atoms with van der Waals surface area (Å²) in [4.78, 5) is 15.7. The van der Waals surface area contributed by atoms with Crippen LogP contribution in [0.15, 0.2) is 60.9 Å². The molecule has 0 bridgehead atoms. The first-order valence-electron chi connectivity index (χ1n) is 9.32. The van der Waals surface area contributed by atoms with Crippen LogP contribution in [0, 0.1) is 0 Å². The highest BCUT2D eigenvalue weighted by atomic mass is 32.1. The number of aromatic nitrogens is 3.